The number of carbonyl (C=O) groups is 2. The minimum atomic E-state index is -0.820. The normalized spacial score (nSPS) is 28.9. The van der Waals surface area contributed by atoms with E-state index in [1.54, 1.807) is 17.9 Å². The van der Waals surface area contributed by atoms with Gasteiger partial charge in [0.2, 0.25) is 11.8 Å². The highest BCUT2D eigenvalue weighted by molar-refractivity contribution is 6.25. The van der Waals surface area contributed by atoms with Crippen LogP contribution >= 0.6 is 11.6 Å². The van der Waals surface area contributed by atoms with Gasteiger partial charge in [-0.2, -0.15) is 0 Å². The second kappa shape index (κ2) is 5.53. The summed E-state index contributed by atoms with van der Waals surface area (Å²) in [5.74, 6) is -0.149. The maximum Gasteiger partial charge on any atom is 0.249 e. The van der Waals surface area contributed by atoms with E-state index in [4.69, 9.17) is 11.6 Å². The maximum absolute atomic E-state index is 12.6. The van der Waals surface area contributed by atoms with Gasteiger partial charge >= 0.3 is 0 Å². The molecule has 0 aromatic heterocycles. The van der Waals surface area contributed by atoms with Crippen LogP contribution in [0.25, 0.3) is 0 Å². The van der Waals surface area contributed by atoms with E-state index in [1.165, 1.54) is 5.54 Å². The van der Waals surface area contributed by atoms with Crippen molar-refractivity contribution < 1.29 is 9.59 Å². The number of piperazine rings is 1. The number of rotatable bonds is 3. The Bertz CT molecular complexity index is 401. The Balaban J connectivity index is 3.18. The van der Waals surface area contributed by atoms with Crippen molar-refractivity contribution in [3.05, 3.63) is 11.6 Å². The number of hydrogen-bond donors (Lipinski definition) is 1. The van der Waals surface area contributed by atoms with E-state index in [1.807, 2.05) is 27.7 Å². The number of nitrogens with zero attached hydrogens (tertiary/aromatic N) is 1. The van der Waals surface area contributed by atoms with Crippen molar-refractivity contribution in [2.45, 2.75) is 52.6 Å². The first-order valence-corrected chi connectivity index (χ1v) is 6.99. The molecule has 1 fully saturated rings. The predicted molar refractivity (Wildman–Crippen MR) is 76.8 cm³/mol. The highest BCUT2D eigenvalue weighted by Gasteiger charge is 2.50. The van der Waals surface area contributed by atoms with Gasteiger partial charge in [-0.1, -0.05) is 45.4 Å². The quantitative estimate of drug-likeness (QED) is 0.865. The van der Waals surface area contributed by atoms with Crippen LogP contribution in [0.3, 0.4) is 0 Å². The van der Waals surface area contributed by atoms with E-state index >= 15 is 0 Å². The summed E-state index contributed by atoms with van der Waals surface area (Å²) < 4.78 is 0. The molecule has 2 atom stereocenters. The van der Waals surface area contributed by atoms with E-state index in [0.717, 1.165) is 0 Å². The Morgan fingerprint density at radius 2 is 2.00 bits per heavy atom. The standard InChI is InChI=1S/C14H23ClN2O2/c1-6-14(5)12(19)17(9-7-8-15)10(11(18)16-14)13(2,3)4/h7-8,10H,6,9H2,1-5H3,(H,16,18)/b8-7+. The van der Waals surface area contributed by atoms with Crippen molar-refractivity contribution in [3.8, 4) is 0 Å². The molecule has 1 saturated heterocycles. The number of hydrogen-bond acceptors (Lipinski definition) is 2. The third-order valence-electron chi connectivity index (χ3n) is 3.61. The molecule has 0 aromatic carbocycles. The lowest BCUT2D eigenvalue weighted by molar-refractivity contribution is -0.158. The molecule has 0 radical (unpaired) electrons. The van der Waals surface area contributed by atoms with E-state index in [-0.39, 0.29) is 17.2 Å². The smallest absolute Gasteiger partial charge is 0.249 e. The van der Waals surface area contributed by atoms with Gasteiger partial charge in [-0.05, 0) is 18.8 Å². The van der Waals surface area contributed by atoms with Crippen LogP contribution in [0.4, 0.5) is 0 Å². The van der Waals surface area contributed by atoms with Crippen LogP contribution in [-0.2, 0) is 9.59 Å². The summed E-state index contributed by atoms with van der Waals surface area (Å²) in [7, 11) is 0. The lowest BCUT2D eigenvalue weighted by Gasteiger charge is -2.48. The maximum atomic E-state index is 12.6. The van der Waals surface area contributed by atoms with Crippen LogP contribution in [0, 0.1) is 5.41 Å². The molecule has 4 nitrogen and oxygen atoms in total. The van der Waals surface area contributed by atoms with Crippen LogP contribution in [0.1, 0.15) is 41.0 Å². The van der Waals surface area contributed by atoms with E-state index < -0.39 is 11.6 Å². The molecular formula is C14H23ClN2O2. The zero-order chi connectivity index (χ0) is 14.8. The highest BCUT2D eigenvalue weighted by atomic mass is 35.5. The number of carbonyl (C=O) groups excluding carboxylic acids is 2. The molecule has 19 heavy (non-hydrogen) atoms. The van der Waals surface area contributed by atoms with Gasteiger partial charge in [0.05, 0.1) is 0 Å². The Kier molecular flexibility index (Phi) is 4.67. The Labute approximate surface area is 120 Å². The molecule has 1 N–H and O–H groups in total. The molecule has 0 aromatic rings. The second-order valence-corrected chi connectivity index (χ2v) is 6.51. The molecular weight excluding hydrogens is 264 g/mol. The molecule has 0 spiro atoms. The monoisotopic (exact) mass is 286 g/mol. The topological polar surface area (TPSA) is 49.4 Å². The SMILES string of the molecule is CCC1(C)NC(=O)C(C(C)(C)C)N(C/C=C/Cl)C1=O. The molecule has 2 amide bonds. The van der Waals surface area contributed by atoms with Gasteiger partial charge in [0.15, 0.2) is 0 Å². The van der Waals surface area contributed by atoms with Gasteiger partial charge in [-0.3, -0.25) is 9.59 Å². The van der Waals surface area contributed by atoms with E-state index in [0.29, 0.717) is 13.0 Å². The van der Waals surface area contributed by atoms with Crippen LogP contribution < -0.4 is 5.32 Å². The van der Waals surface area contributed by atoms with Crippen molar-refractivity contribution in [2.24, 2.45) is 5.41 Å². The van der Waals surface area contributed by atoms with Crippen molar-refractivity contribution in [2.75, 3.05) is 6.54 Å². The Morgan fingerprint density at radius 3 is 2.42 bits per heavy atom. The van der Waals surface area contributed by atoms with Gasteiger partial charge < -0.3 is 10.2 Å². The third kappa shape index (κ3) is 3.11. The minimum absolute atomic E-state index is 0.0516. The average molecular weight is 287 g/mol. The van der Waals surface area contributed by atoms with Crippen LogP contribution in [0.15, 0.2) is 11.6 Å². The second-order valence-electron chi connectivity index (χ2n) is 6.26. The lowest BCUT2D eigenvalue weighted by Crippen LogP contribution is -2.71. The summed E-state index contributed by atoms with van der Waals surface area (Å²) in [5.41, 5.74) is 0.233. The van der Waals surface area contributed by atoms with Gasteiger partial charge in [0.25, 0.3) is 0 Å². The Morgan fingerprint density at radius 1 is 1.42 bits per heavy atom. The molecule has 1 rings (SSSR count). The molecule has 5 heteroatoms. The fourth-order valence-corrected chi connectivity index (χ4v) is 2.49. The minimum Gasteiger partial charge on any atom is -0.340 e. The summed E-state index contributed by atoms with van der Waals surface area (Å²) in [6.07, 6.45) is 2.25. The molecule has 0 saturated carbocycles. The molecule has 1 aliphatic heterocycles. The summed E-state index contributed by atoms with van der Waals surface area (Å²) in [4.78, 5) is 26.6. The molecule has 0 bridgehead atoms. The van der Waals surface area contributed by atoms with Crippen molar-refractivity contribution in [1.82, 2.24) is 10.2 Å². The zero-order valence-electron chi connectivity index (χ0n) is 12.3. The molecule has 108 valence electrons. The van der Waals surface area contributed by atoms with E-state index in [2.05, 4.69) is 5.32 Å². The van der Waals surface area contributed by atoms with Gasteiger partial charge in [0.1, 0.15) is 11.6 Å². The molecule has 2 unspecified atom stereocenters. The largest absolute Gasteiger partial charge is 0.340 e. The first-order valence-electron chi connectivity index (χ1n) is 6.55. The summed E-state index contributed by atoms with van der Waals surface area (Å²) in [6.45, 7) is 9.88. The summed E-state index contributed by atoms with van der Waals surface area (Å²) in [6, 6.07) is -0.479. The third-order valence-corrected chi connectivity index (χ3v) is 3.79. The molecule has 1 heterocycles. The van der Waals surface area contributed by atoms with Crippen LogP contribution in [0.2, 0.25) is 0 Å². The fourth-order valence-electron chi connectivity index (χ4n) is 2.41. The molecule has 0 aliphatic carbocycles. The van der Waals surface area contributed by atoms with Gasteiger partial charge in [-0.15, -0.1) is 0 Å². The summed E-state index contributed by atoms with van der Waals surface area (Å²) in [5, 5.41) is 2.87. The van der Waals surface area contributed by atoms with Gasteiger partial charge in [0, 0.05) is 12.1 Å². The first kappa shape index (κ1) is 16.0. The summed E-state index contributed by atoms with van der Waals surface area (Å²) >= 11 is 5.55. The number of amides is 2. The van der Waals surface area contributed by atoms with Gasteiger partial charge in [-0.25, -0.2) is 0 Å². The molecule has 1 aliphatic rings. The number of nitrogens with one attached hydrogen (secondary N) is 1. The number of halogens is 1. The predicted octanol–water partition coefficient (Wildman–Crippen LogP) is 2.28. The van der Waals surface area contributed by atoms with Crippen molar-refractivity contribution in [1.29, 1.82) is 0 Å². The van der Waals surface area contributed by atoms with Crippen molar-refractivity contribution >= 4 is 23.4 Å². The highest BCUT2D eigenvalue weighted by Crippen LogP contribution is 2.31. The lowest BCUT2D eigenvalue weighted by atomic mass is 9.80. The van der Waals surface area contributed by atoms with Crippen molar-refractivity contribution in [3.63, 3.8) is 0 Å². The van der Waals surface area contributed by atoms with E-state index in [9.17, 15) is 9.59 Å². The first-order chi connectivity index (χ1) is 8.67. The van der Waals surface area contributed by atoms with Crippen LogP contribution in [-0.4, -0.2) is 34.8 Å². The van der Waals surface area contributed by atoms with Crippen LogP contribution in [0.5, 0.6) is 0 Å². The average Bonchev–Trinajstić information content (AvgIpc) is 2.30. The Hall–Kier alpha value is -1.03. The fraction of sp³-hybridized carbons (Fsp3) is 0.714. The zero-order valence-corrected chi connectivity index (χ0v) is 13.0.